The van der Waals surface area contributed by atoms with Gasteiger partial charge in [-0.15, -0.1) is 0 Å². The van der Waals surface area contributed by atoms with Crippen LogP contribution in [0.1, 0.15) is 41.4 Å². The van der Waals surface area contributed by atoms with Crippen LogP contribution in [0.5, 0.6) is 0 Å². The molecule has 4 aromatic rings. The molecule has 0 fully saturated rings. The van der Waals surface area contributed by atoms with Crippen molar-refractivity contribution in [3.63, 3.8) is 0 Å². The zero-order valence-corrected chi connectivity index (χ0v) is 18.8. The molecule has 0 saturated heterocycles. The predicted molar refractivity (Wildman–Crippen MR) is 133 cm³/mol. The van der Waals surface area contributed by atoms with E-state index in [-0.39, 0.29) is 28.1 Å². The number of amides is 2. The first-order valence-electron chi connectivity index (χ1n) is 11.2. The summed E-state index contributed by atoms with van der Waals surface area (Å²) in [7, 11) is 0. The number of pyridine rings is 1. The predicted octanol–water partition coefficient (Wildman–Crippen LogP) is 4.68. The fourth-order valence-electron chi connectivity index (χ4n) is 4.60. The molecular formula is C29H17N3O4. The number of benzene rings is 3. The highest BCUT2D eigenvalue weighted by molar-refractivity contribution is 6.35. The van der Waals surface area contributed by atoms with Crippen molar-refractivity contribution >= 4 is 34.8 Å². The number of allylic oxidation sites excluding steroid dienone is 2. The molecule has 2 aliphatic rings. The van der Waals surface area contributed by atoms with Crippen LogP contribution in [0.15, 0.2) is 115 Å². The van der Waals surface area contributed by atoms with Crippen molar-refractivity contribution in [2.45, 2.75) is 0 Å². The summed E-state index contributed by atoms with van der Waals surface area (Å²) in [4.78, 5) is 61.5. The van der Waals surface area contributed by atoms with E-state index in [4.69, 9.17) is 0 Å². The lowest BCUT2D eigenvalue weighted by atomic mass is 10.1. The van der Waals surface area contributed by atoms with E-state index in [0.29, 0.717) is 16.9 Å². The maximum atomic E-state index is 13.8. The molecule has 2 amide bonds. The van der Waals surface area contributed by atoms with Crippen molar-refractivity contribution in [3.05, 3.63) is 137 Å². The van der Waals surface area contributed by atoms with Crippen LogP contribution >= 0.6 is 0 Å². The number of Topliss-reactive ketones (excluding diaryl/α,β-unsaturated/α-hetero) is 2. The monoisotopic (exact) mass is 471 g/mol. The average Bonchev–Trinajstić information content (AvgIpc) is 3.39. The lowest BCUT2D eigenvalue weighted by Gasteiger charge is -2.24. The van der Waals surface area contributed by atoms with E-state index in [1.165, 1.54) is 22.2 Å². The standard InChI is InChI=1S/C29H17N3O4/c33-26-20-12-4-6-14-22(20)31(28(35)18-9-2-1-3-10-18)24(26)25-27(34)21-13-5-7-15-23(21)32(25)29(36)19-11-8-16-30-17-19/h1-17H/b25-24+. The maximum absolute atomic E-state index is 13.8. The van der Waals surface area contributed by atoms with Crippen LogP contribution in [-0.4, -0.2) is 28.4 Å². The minimum Gasteiger partial charge on any atom is -0.287 e. The van der Waals surface area contributed by atoms with Crippen molar-refractivity contribution in [2.75, 3.05) is 9.80 Å². The Balaban J connectivity index is 1.63. The second kappa shape index (κ2) is 8.25. The molecule has 0 radical (unpaired) electrons. The molecule has 7 heteroatoms. The number of para-hydroxylation sites is 2. The van der Waals surface area contributed by atoms with Gasteiger partial charge in [-0.2, -0.15) is 0 Å². The van der Waals surface area contributed by atoms with Gasteiger partial charge in [0.15, 0.2) is 0 Å². The molecule has 0 N–H and O–H groups in total. The summed E-state index contributed by atoms with van der Waals surface area (Å²) >= 11 is 0. The Morgan fingerprint density at radius 2 is 1.03 bits per heavy atom. The zero-order valence-electron chi connectivity index (χ0n) is 18.8. The van der Waals surface area contributed by atoms with Crippen LogP contribution in [0.25, 0.3) is 0 Å². The van der Waals surface area contributed by atoms with Gasteiger partial charge in [-0.05, 0) is 48.5 Å². The average molecular weight is 471 g/mol. The van der Waals surface area contributed by atoms with Crippen molar-refractivity contribution in [3.8, 4) is 0 Å². The molecule has 7 nitrogen and oxygen atoms in total. The topological polar surface area (TPSA) is 87.7 Å². The largest absolute Gasteiger partial charge is 0.287 e. The first-order chi connectivity index (χ1) is 17.6. The van der Waals surface area contributed by atoms with Gasteiger partial charge < -0.3 is 0 Å². The van der Waals surface area contributed by atoms with E-state index in [1.807, 2.05) is 0 Å². The maximum Gasteiger partial charge on any atom is 0.264 e. The van der Waals surface area contributed by atoms with E-state index in [0.717, 1.165) is 0 Å². The van der Waals surface area contributed by atoms with E-state index in [9.17, 15) is 19.2 Å². The van der Waals surface area contributed by atoms with Gasteiger partial charge in [0.05, 0.1) is 16.9 Å². The number of aromatic nitrogens is 1. The Hall–Kier alpha value is -5.17. The lowest BCUT2D eigenvalue weighted by molar-refractivity contribution is 0.0953. The quantitative estimate of drug-likeness (QED) is 0.396. The summed E-state index contributed by atoms with van der Waals surface area (Å²) < 4.78 is 0. The summed E-state index contributed by atoms with van der Waals surface area (Å²) in [5.41, 5.74) is 1.53. The number of fused-ring (bicyclic) bond motifs is 2. The fourth-order valence-corrected chi connectivity index (χ4v) is 4.60. The highest BCUT2D eigenvalue weighted by Crippen LogP contribution is 2.43. The molecule has 172 valence electrons. The molecule has 0 aliphatic carbocycles. The van der Waals surface area contributed by atoms with E-state index in [2.05, 4.69) is 4.98 Å². The van der Waals surface area contributed by atoms with Crippen molar-refractivity contribution in [1.29, 1.82) is 0 Å². The molecule has 0 bridgehead atoms. The third kappa shape index (κ3) is 3.10. The molecule has 3 heterocycles. The Labute approximate surface area is 205 Å². The number of anilines is 2. The normalized spacial score (nSPS) is 16.2. The van der Waals surface area contributed by atoms with Crippen molar-refractivity contribution in [1.82, 2.24) is 4.98 Å². The van der Waals surface area contributed by atoms with Gasteiger partial charge in [-0.1, -0.05) is 42.5 Å². The number of rotatable bonds is 2. The Morgan fingerprint density at radius 1 is 0.556 bits per heavy atom. The summed E-state index contributed by atoms with van der Waals surface area (Å²) in [5, 5.41) is 0. The number of carbonyl (C=O) groups excluding carboxylic acids is 4. The SMILES string of the molecule is O=C1/C(=C2/C(=O)c3ccccc3N2C(=O)c2cccnc2)N(C(=O)c2ccccc2)c2ccccc21. The summed E-state index contributed by atoms with van der Waals surface area (Å²) in [5.74, 6) is -2.02. The number of nitrogens with zero attached hydrogens (tertiary/aromatic N) is 3. The Morgan fingerprint density at radius 3 is 1.56 bits per heavy atom. The van der Waals surface area contributed by atoms with Gasteiger partial charge in [0.1, 0.15) is 11.4 Å². The highest BCUT2D eigenvalue weighted by Gasteiger charge is 2.46. The third-order valence-electron chi connectivity index (χ3n) is 6.22. The van der Waals surface area contributed by atoms with Crippen LogP contribution in [0.3, 0.4) is 0 Å². The van der Waals surface area contributed by atoms with Gasteiger partial charge in [0.2, 0.25) is 11.6 Å². The number of carbonyl (C=O) groups is 4. The first-order valence-corrected chi connectivity index (χ1v) is 11.2. The molecule has 2 aliphatic heterocycles. The first kappa shape index (κ1) is 21.4. The van der Waals surface area contributed by atoms with Gasteiger partial charge in [-0.25, -0.2) is 0 Å². The van der Waals surface area contributed by atoms with Gasteiger partial charge in [-0.3, -0.25) is 34.0 Å². The highest BCUT2D eigenvalue weighted by atomic mass is 16.2. The molecule has 3 aromatic carbocycles. The number of ketones is 2. The van der Waals surface area contributed by atoms with E-state index in [1.54, 1.807) is 91.0 Å². The van der Waals surface area contributed by atoms with Crippen LogP contribution in [0.4, 0.5) is 11.4 Å². The van der Waals surface area contributed by atoms with Crippen molar-refractivity contribution in [2.24, 2.45) is 0 Å². The van der Waals surface area contributed by atoms with Crippen LogP contribution in [0.2, 0.25) is 0 Å². The molecule has 0 unspecified atom stereocenters. The molecule has 0 saturated carbocycles. The molecule has 0 spiro atoms. The minimum atomic E-state index is -0.528. The Kier molecular flexibility index (Phi) is 4.90. The van der Waals surface area contributed by atoms with E-state index >= 15 is 0 Å². The van der Waals surface area contributed by atoms with Gasteiger partial charge >= 0.3 is 0 Å². The molecule has 1 aromatic heterocycles. The molecule has 36 heavy (non-hydrogen) atoms. The summed E-state index contributed by atoms with van der Waals surface area (Å²) in [6.07, 6.45) is 2.94. The lowest BCUT2D eigenvalue weighted by Crippen LogP contribution is -2.36. The summed E-state index contributed by atoms with van der Waals surface area (Å²) in [6, 6.07) is 25.0. The molecule has 6 rings (SSSR count). The zero-order chi connectivity index (χ0) is 24.8. The fraction of sp³-hybridized carbons (Fsp3) is 0. The van der Waals surface area contributed by atoms with Crippen LogP contribution in [-0.2, 0) is 0 Å². The van der Waals surface area contributed by atoms with Crippen LogP contribution in [0, 0.1) is 0 Å². The van der Waals surface area contributed by atoms with E-state index < -0.39 is 23.4 Å². The second-order valence-electron chi connectivity index (χ2n) is 8.28. The molecular weight excluding hydrogens is 454 g/mol. The van der Waals surface area contributed by atoms with Gasteiger partial charge in [0, 0.05) is 29.1 Å². The van der Waals surface area contributed by atoms with Crippen LogP contribution < -0.4 is 9.80 Å². The van der Waals surface area contributed by atoms with Crippen molar-refractivity contribution < 1.29 is 19.2 Å². The minimum absolute atomic E-state index is 0.150. The summed E-state index contributed by atoms with van der Waals surface area (Å²) in [6.45, 7) is 0. The number of hydrogen-bond donors (Lipinski definition) is 0. The third-order valence-corrected chi connectivity index (χ3v) is 6.22. The Bertz CT molecular complexity index is 1490. The second-order valence-corrected chi connectivity index (χ2v) is 8.28. The van der Waals surface area contributed by atoms with Gasteiger partial charge in [0.25, 0.3) is 11.8 Å². The molecule has 0 atom stereocenters. The number of hydrogen-bond acceptors (Lipinski definition) is 5. The smallest absolute Gasteiger partial charge is 0.264 e.